The van der Waals surface area contributed by atoms with Crippen LogP contribution in [-0.4, -0.2) is 18.1 Å². The topological polar surface area (TPSA) is 60.2 Å². The standard InChI is InChI=1S/C17H23N3O/c1-3-10-20-17(14-12-19-11-9-15(14)18)13-7-5-6-8-16(13)21-4-2/h5-9,11-12,17,20H,3-4,10H2,1-2H3,(H2,18,19). The van der Waals surface area contributed by atoms with Crippen molar-refractivity contribution in [2.75, 3.05) is 18.9 Å². The van der Waals surface area contributed by atoms with E-state index in [1.165, 1.54) is 0 Å². The van der Waals surface area contributed by atoms with Crippen molar-refractivity contribution in [2.45, 2.75) is 26.3 Å². The number of para-hydroxylation sites is 1. The summed E-state index contributed by atoms with van der Waals surface area (Å²) in [5.41, 5.74) is 8.95. The molecule has 21 heavy (non-hydrogen) atoms. The lowest BCUT2D eigenvalue weighted by atomic mass is 9.97. The van der Waals surface area contributed by atoms with Gasteiger partial charge in [0.1, 0.15) is 5.75 Å². The minimum Gasteiger partial charge on any atom is -0.494 e. The fourth-order valence-electron chi connectivity index (χ4n) is 2.34. The molecule has 0 aliphatic heterocycles. The van der Waals surface area contributed by atoms with E-state index in [9.17, 15) is 0 Å². The van der Waals surface area contributed by atoms with Crippen LogP contribution in [0, 0.1) is 0 Å². The first-order valence-corrected chi connectivity index (χ1v) is 7.42. The van der Waals surface area contributed by atoms with Gasteiger partial charge in [0.2, 0.25) is 0 Å². The lowest BCUT2D eigenvalue weighted by Gasteiger charge is -2.23. The Balaban J connectivity index is 2.43. The van der Waals surface area contributed by atoms with E-state index in [1.807, 2.05) is 37.4 Å². The van der Waals surface area contributed by atoms with Crippen molar-refractivity contribution >= 4 is 5.69 Å². The van der Waals surface area contributed by atoms with Gasteiger partial charge in [0, 0.05) is 29.2 Å². The maximum absolute atomic E-state index is 6.13. The number of anilines is 1. The Hall–Kier alpha value is -2.07. The van der Waals surface area contributed by atoms with Crippen LogP contribution in [-0.2, 0) is 0 Å². The van der Waals surface area contributed by atoms with Crippen molar-refractivity contribution in [1.82, 2.24) is 10.3 Å². The number of ether oxygens (including phenoxy) is 1. The minimum atomic E-state index is -0.0126. The largest absolute Gasteiger partial charge is 0.494 e. The molecule has 1 unspecified atom stereocenters. The summed E-state index contributed by atoms with van der Waals surface area (Å²) in [5, 5.41) is 3.54. The third kappa shape index (κ3) is 3.73. The van der Waals surface area contributed by atoms with Gasteiger partial charge in [-0.25, -0.2) is 0 Å². The smallest absolute Gasteiger partial charge is 0.124 e. The normalized spacial score (nSPS) is 12.1. The molecule has 0 saturated heterocycles. The Morgan fingerprint density at radius 1 is 1.19 bits per heavy atom. The highest BCUT2D eigenvalue weighted by Gasteiger charge is 2.19. The molecule has 0 aliphatic carbocycles. The second-order valence-corrected chi connectivity index (χ2v) is 4.86. The van der Waals surface area contributed by atoms with Crippen molar-refractivity contribution in [3.8, 4) is 5.75 Å². The van der Waals surface area contributed by atoms with E-state index >= 15 is 0 Å². The number of rotatable bonds is 7. The predicted octanol–water partition coefficient (Wildman–Crippen LogP) is 3.15. The molecule has 1 atom stereocenters. The summed E-state index contributed by atoms with van der Waals surface area (Å²) in [6.45, 7) is 5.67. The maximum Gasteiger partial charge on any atom is 0.124 e. The van der Waals surface area contributed by atoms with Crippen molar-refractivity contribution in [3.63, 3.8) is 0 Å². The molecular weight excluding hydrogens is 262 g/mol. The Labute approximate surface area is 126 Å². The van der Waals surface area contributed by atoms with Gasteiger partial charge in [-0.1, -0.05) is 25.1 Å². The molecule has 2 aromatic rings. The molecule has 1 aromatic heterocycles. The van der Waals surface area contributed by atoms with E-state index in [4.69, 9.17) is 10.5 Å². The second kappa shape index (κ2) is 7.64. The summed E-state index contributed by atoms with van der Waals surface area (Å²) >= 11 is 0. The van der Waals surface area contributed by atoms with Gasteiger partial charge in [0.25, 0.3) is 0 Å². The van der Waals surface area contributed by atoms with Gasteiger partial charge < -0.3 is 15.8 Å². The Morgan fingerprint density at radius 2 is 2.00 bits per heavy atom. The molecule has 0 fully saturated rings. The van der Waals surface area contributed by atoms with E-state index in [0.29, 0.717) is 6.61 Å². The van der Waals surface area contributed by atoms with Crippen molar-refractivity contribution in [3.05, 3.63) is 53.9 Å². The van der Waals surface area contributed by atoms with Crippen LogP contribution < -0.4 is 15.8 Å². The molecule has 1 heterocycles. The zero-order valence-corrected chi connectivity index (χ0v) is 12.7. The van der Waals surface area contributed by atoms with Crippen LogP contribution >= 0.6 is 0 Å². The zero-order valence-electron chi connectivity index (χ0n) is 12.7. The van der Waals surface area contributed by atoms with Gasteiger partial charge in [0.05, 0.1) is 12.6 Å². The maximum atomic E-state index is 6.13. The quantitative estimate of drug-likeness (QED) is 0.820. The number of nitrogen functional groups attached to an aromatic ring is 1. The summed E-state index contributed by atoms with van der Waals surface area (Å²) in [7, 11) is 0. The fraction of sp³-hybridized carbons (Fsp3) is 0.353. The highest BCUT2D eigenvalue weighted by molar-refractivity contribution is 5.52. The van der Waals surface area contributed by atoms with Crippen LogP contribution in [0.5, 0.6) is 5.75 Å². The molecule has 4 heteroatoms. The molecule has 112 valence electrons. The van der Waals surface area contributed by atoms with Crippen molar-refractivity contribution in [2.24, 2.45) is 0 Å². The number of pyridine rings is 1. The van der Waals surface area contributed by atoms with Gasteiger partial charge in [-0.15, -0.1) is 0 Å². The summed E-state index contributed by atoms with van der Waals surface area (Å²) in [6.07, 6.45) is 4.59. The van der Waals surface area contributed by atoms with Crippen molar-refractivity contribution < 1.29 is 4.74 Å². The van der Waals surface area contributed by atoms with Gasteiger partial charge in [-0.3, -0.25) is 4.98 Å². The number of nitrogens with two attached hydrogens (primary N) is 1. The average molecular weight is 285 g/mol. The fourth-order valence-corrected chi connectivity index (χ4v) is 2.34. The molecule has 2 rings (SSSR count). The molecule has 0 spiro atoms. The van der Waals surface area contributed by atoms with E-state index in [0.717, 1.165) is 35.5 Å². The Morgan fingerprint density at radius 3 is 2.71 bits per heavy atom. The molecule has 0 saturated carbocycles. The molecule has 1 aromatic carbocycles. The number of hydrogen-bond acceptors (Lipinski definition) is 4. The average Bonchev–Trinajstić information content (AvgIpc) is 2.51. The number of aromatic nitrogens is 1. The molecule has 0 radical (unpaired) electrons. The van der Waals surface area contributed by atoms with Gasteiger partial charge in [0.15, 0.2) is 0 Å². The Kier molecular flexibility index (Phi) is 5.58. The third-order valence-electron chi connectivity index (χ3n) is 3.33. The first-order chi connectivity index (χ1) is 10.3. The third-order valence-corrected chi connectivity index (χ3v) is 3.33. The van der Waals surface area contributed by atoms with E-state index in [2.05, 4.69) is 23.3 Å². The first kappa shape index (κ1) is 15.3. The highest BCUT2D eigenvalue weighted by atomic mass is 16.5. The summed E-state index contributed by atoms with van der Waals surface area (Å²) in [4.78, 5) is 4.21. The number of benzene rings is 1. The summed E-state index contributed by atoms with van der Waals surface area (Å²) in [5.74, 6) is 0.886. The monoisotopic (exact) mass is 285 g/mol. The van der Waals surface area contributed by atoms with E-state index < -0.39 is 0 Å². The predicted molar refractivity (Wildman–Crippen MR) is 86.4 cm³/mol. The SMILES string of the molecule is CCCNC(c1cnccc1N)c1ccccc1OCC. The molecule has 4 nitrogen and oxygen atoms in total. The van der Waals surface area contributed by atoms with Crippen LogP contribution in [0.4, 0.5) is 5.69 Å². The van der Waals surface area contributed by atoms with Crippen LogP contribution in [0.15, 0.2) is 42.7 Å². The zero-order chi connectivity index (χ0) is 15.1. The van der Waals surface area contributed by atoms with Crippen molar-refractivity contribution in [1.29, 1.82) is 0 Å². The molecular formula is C17H23N3O. The van der Waals surface area contributed by atoms with Gasteiger partial charge >= 0.3 is 0 Å². The van der Waals surface area contributed by atoms with Crippen LogP contribution in [0.1, 0.15) is 37.4 Å². The van der Waals surface area contributed by atoms with Gasteiger partial charge in [-0.2, -0.15) is 0 Å². The van der Waals surface area contributed by atoms with E-state index in [1.54, 1.807) is 6.20 Å². The van der Waals surface area contributed by atoms with Gasteiger partial charge in [-0.05, 0) is 32.0 Å². The lowest BCUT2D eigenvalue weighted by molar-refractivity contribution is 0.333. The van der Waals surface area contributed by atoms with Crippen LogP contribution in [0.3, 0.4) is 0 Å². The molecule has 0 amide bonds. The highest BCUT2D eigenvalue weighted by Crippen LogP contribution is 2.32. The summed E-state index contributed by atoms with van der Waals surface area (Å²) in [6, 6.07) is 9.89. The second-order valence-electron chi connectivity index (χ2n) is 4.86. The Bertz CT molecular complexity index is 571. The molecule has 0 bridgehead atoms. The molecule has 0 aliphatic rings. The number of nitrogens with one attached hydrogen (secondary N) is 1. The van der Waals surface area contributed by atoms with Crippen LogP contribution in [0.25, 0.3) is 0 Å². The van der Waals surface area contributed by atoms with Crippen LogP contribution in [0.2, 0.25) is 0 Å². The lowest BCUT2D eigenvalue weighted by Crippen LogP contribution is -2.24. The first-order valence-electron chi connectivity index (χ1n) is 7.42. The molecule has 3 N–H and O–H groups in total. The summed E-state index contributed by atoms with van der Waals surface area (Å²) < 4.78 is 5.76. The van der Waals surface area contributed by atoms with E-state index in [-0.39, 0.29) is 6.04 Å². The number of hydrogen-bond donors (Lipinski definition) is 2. The minimum absolute atomic E-state index is 0.0126. The number of nitrogens with zero attached hydrogens (tertiary/aromatic N) is 1.